The average molecular weight is 208 g/mol. The largest absolute Gasteiger partial charge is 0.493 e. The summed E-state index contributed by atoms with van der Waals surface area (Å²) < 4.78 is 16.0. The third-order valence-corrected chi connectivity index (χ3v) is 2.50. The van der Waals surface area contributed by atoms with Crippen LogP contribution < -0.4 is 9.47 Å². The zero-order valence-electron chi connectivity index (χ0n) is 9.16. The fourth-order valence-electron chi connectivity index (χ4n) is 1.48. The Bertz CT molecular complexity index is 332. The minimum absolute atomic E-state index is 0.538. The minimum Gasteiger partial charge on any atom is -0.493 e. The van der Waals surface area contributed by atoms with Crippen molar-refractivity contribution in [2.75, 3.05) is 26.9 Å². The second kappa shape index (κ2) is 4.53. The molecule has 1 aromatic carbocycles. The van der Waals surface area contributed by atoms with Crippen LogP contribution >= 0.6 is 0 Å². The van der Waals surface area contributed by atoms with Crippen molar-refractivity contribution in [3.8, 4) is 11.5 Å². The Labute approximate surface area is 90.0 Å². The molecule has 1 fully saturated rings. The lowest BCUT2D eigenvalue weighted by atomic mass is 10.1. The number of methoxy groups -OCH3 is 1. The van der Waals surface area contributed by atoms with Crippen molar-refractivity contribution in [2.45, 2.75) is 6.92 Å². The molecule has 1 aliphatic rings. The van der Waals surface area contributed by atoms with Gasteiger partial charge in [0.05, 0.1) is 26.9 Å². The number of benzene rings is 1. The highest BCUT2D eigenvalue weighted by Crippen LogP contribution is 2.28. The van der Waals surface area contributed by atoms with Crippen LogP contribution in [0.15, 0.2) is 18.2 Å². The van der Waals surface area contributed by atoms with Crippen LogP contribution in [0.2, 0.25) is 0 Å². The molecule has 1 heterocycles. The Morgan fingerprint density at radius 1 is 1.33 bits per heavy atom. The third-order valence-electron chi connectivity index (χ3n) is 2.50. The molecule has 1 saturated heterocycles. The summed E-state index contributed by atoms with van der Waals surface area (Å²) >= 11 is 0. The minimum atomic E-state index is 0.538. The summed E-state index contributed by atoms with van der Waals surface area (Å²) in [7, 11) is 1.66. The first-order valence-corrected chi connectivity index (χ1v) is 5.15. The normalized spacial score (nSPS) is 15.9. The van der Waals surface area contributed by atoms with E-state index in [9.17, 15) is 0 Å². The lowest BCUT2D eigenvalue weighted by molar-refractivity contribution is -0.0511. The highest BCUT2D eigenvalue weighted by molar-refractivity contribution is 5.42. The SMILES string of the molecule is COc1cc(C)ccc1OCC1COC1. The lowest BCUT2D eigenvalue weighted by Gasteiger charge is -2.26. The van der Waals surface area contributed by atoms with Gasteiger partial charge in [0.25, 0.3) is 0 Å². The zero-order chi connectivity index (χ0) is 10.7. The highest BCUT2D eigenvalue weighted by atomic mass is 16.5. The van der Waals surface area contributed by atoms with Gasteiger partial charge in [-0.1, -0.05) is 6.07 Å². The molecule has 82 valence electrons. The molecule has 0 spiro atoms. The Morgan fingerprint density at radius 3 is 2.73 bits per heavy atom. The Balaban J connectivity index is 1.99. The van der Waals surface area contributed by atoms with E-state index in [-0.39, 0.29) is 0 Å². The van der Waals surface area contributed by atoms with Gasteiger partial charge in [-0.15, -0.1) is 0 Å². The molecule has 0 atom stereocenters. The number of hydrogen-bond acceptors (Lipinski definition) is 3. The standard InChI is InChI=1S/C12H16O3/c1-9-3-4-11(12(5-9)13-2)15-8-10-6-14-7-10/h3-5,10H,6-8H2,1-2H3. The molecule has 0 unspecified atom stereocenters. The summed E-state index contributed by atoms with van der Waals surface area (Å²) in [6.45, 7) is 4.37. The van der Waals surface area contributed by atoms with Crippen molar-refractivity contribution in [2.24, 2.45) is 5.92 Å². The fraction of sp³-hybridized carbons (Fsp3) is 0.500. The summed E-state index contributed by atoms with van der Waals surface area (Å²) in [5.74, 6) is 2.15. The maximum atomic E-state index is 5.68. The van der Waals surface area contributed by atoms with Gasteiger partial charge in [0.15, 0.2) is 11.5 Å². The first-order chi connectivity index (χ1) is 7.29. The Hall–Kier alpha value is -1.22. The summed E-state index contributed by atoms with van der Waals surface area (Å²) in [5, 5.41) is 0. The monoisotopic (exact) mass is 208 g/mol. The Morgan fingerprint density at radius 2 is 2.13 bits per heavy atom. The average Bonchev–Trinajstić information content (AvgIpc) is 2.17. The van der Waals surface area contributed by atoms with Crippen LogP contribution in [-0.2, 0) is 4.74 Å². The van der Waals surface area contributed by atoms with E-state index in [2.05, 4.69) is 0 Å². The molecule has 0 bridgehead atoms. The van der Waals surface area contributed by atoms with Crippen LogP contribution in [0.4, 0.5) is 0 Å². The van der Waals surface area contributed by atoms with Gasteiger partial charge in [-0.2, -0.15) is 0 Å². The van der Waals surface area contributed by atoms with Crippen molar-refractivity contribution < 1.29 is 14.2 Å². The number of aryl methyl sites for hydroxylation is 1. The van der Waals surface area contributed by atoms with Gasteiger partial charge in [-0.05, 0) is 24.6 Å². The van der Waals surface area contributed by atoms with E-state index < -0.39 is 0 Å². The molecule has 0 N–H and O–H groups in total. The molecule has 1 aromatic rings. The van der Waals surface area contributed by atoms with Crippen molar-refractivity contribution in [1.82, 2.24) is 0 Å². The van der Waals surface area contributed by atoms with E-state index >= 15 is 0 Å². The lowest BCUT2D eigenvalue weighted by Crippen LogP contribution is -2.32. The van der Waals surface area contributed by atoms with Crippen LogP contribution in [0, 0.1) is 12.8 Å². The van der Waals surface area contributed by atoms with E-state index in [1.807, 2.05) is 25.1 Å². The summed E-state index contributed by atoms with van der Waals surface area (Å²) in [6, 6.07) is 5.95. The molecular weight excluding hydrogens is 192 g/mol. The fourth-order valence-corrected chi connectivity index (χ4v) is 1.48. The molecule has 0 aromatic heterocycles. The maximum absolute atomic E-state index is 5.68. The van der Waals surface area contributed by atoms with Gasteiger partial charge < -0.3 is 14.2 Å². The third kappa shape index (κ3) is 2.42. The molecule has 0 amide bonds. The second-order valence-corrected chi connectivity index (χ2v) is 3.87. The van der Waals surface area contributed by atoms with Crippen LogP contribution in [0.25, 0.3) is 0 Å². The predicted octanol–water partition coefficient (Wildman–Crippen LogP) is 2.03. The van der Waals surface area contributed by atoms with Crippen molar-refractivity contribution >= 4 is 0 Å². The molecule has 15 heavy (non-hydrogen) atoms. The van der Waals surface area contributed by atoms with Crippen LogP contribution in [0.3, 0.4) is 0 Å². The van der Waals surface area contributed by atoms with Gasteiger partial charge >= 0.3 is 0 Å². The summed E-state index contributed by atoms with van der Waals surface area (Å²) in [4.78, 5) is 0. The van der Waals surface area contributed by atoms with Crippen LogP contribution in [0.5, 0.6) is 11.5 Å². The molecule has 0 saturated carbocycles. The van der Waals surface area contributed by atoms with E-state index in [0.717, 1.165) is 24.7 Å². The molecule has 3 nitrogen and oxygen atoms in total. The van der Waals surface area contributed by atoms with Gasteiger partial charge in [0.1, 0.15) is 0 Å². The predicted molar refractivity (Wildman–Crippen MR) is 57.5 cm³/mol. The molecular formula is C12H16O3. The Kier molecular flexibility index (Phi) is 3.11. The summed E-state index contributed by atoms with van der Waals surface area (Å²) in [5.41, 5.74) is 1.17. The van der Waals surface area contributed by atoms with Gasteiger partial charge in [0.2, 0.25) is 0 Å². The van der Waals surface area contributed by atoms with Gasteiger partial charge in [0, 0.05) is 5.92 Å². The molecule has 1 aliphatic heterocycles. The number of hydrogen-bond donors (Lipinski definition) is 0. The van der Waals surface area contributed by atoms with E-state index in [4.69, 9.17) is 14.2 Å². The highest BCUT2D eigenvalue weighted by Gasteiger charge is 2.19. The molecule has 0 aliphatic carbocycles. The first-order valence-electron chi connectivity index (χ1n) is 5.15. The van der Waals surface area contributed by atoms with Crippen molar-refractivity contribution in [3.63, 3.8) is 0 Å². The molecule has 3 heteroatoms. The van der Waals surface area contributed by atoms with E-state index in [0.29, 0.717) is 12.5 Å². The zero-order valence-corrected chi connectivity index (χ0v) is 9.16. The van der Waals surface area contributed by atoms with Gasteiger partial charge in [-0.25, -0.2) is 0 Å². The van der Waals surface area contributed by atoms with Crippen molar-refractivity contribution in [3.05, 3.63) is 23.8 Å². The number of rotatable bonds is 4. The molecule has 0 radical (unpaired) electrons. The van der Waals surface area contributed by atoms with Crippen molar-refractivity contribution in [1.29, 1.82) is 0 Å². The maximum Gasteiger partial charge on any atom is 0.161 e. The van der Waals surface area contributed by atoms with Crippen LogP contribution in [-0.4, -0.2) is 26.9 Å². The van der Waals surface area contributed by atoms with Crippen LogP contribution in [0.1, 0.15) is 5.56 Å². The van der Waals surface area contributed by atoms with E-state index in [1.165, 1.54) is 5.56 Å². The molecule has 2 rings (SSSR count). The van der Waals surface area contributed by atoms with Gasteiger partial charge in [-0.3, -0.25) is 0 Å². The quantitative estimate of drug-likeness (QED) is 0.757. The topological polar surface area (TPSA) is 27.7 Å². The first kappa shape index (κ1) is 10.3. The van der Waals surface area contributed by atoms with E-state index in [1.54, 1.807) is 7.11 Å². The number of ether oxygens (including phenoxy) is 3. The smallest absolute Gasteiger partial charge is 0.161 e. The summed E-state index contributed by atoms with van der Waals surface area (Å²) in [6.07, 6.45) is 0. The second-order valence-electron chi connectivity index (χ2n) is 3.87.